The van der Waals surface area contributed by atoms with Gasteiger partial charge in [-0.25, -0.2) is 0 Å². The Bertz CT molecular complexity index is 117. The summed E-state index contributed by atoms with van der Waals surface area (Å²) in [5.74, 6) is 3.15. The van der Waals surface area contributed by atoms with Crippen LogP contribution in [0.25, 0.3) is 0 Å². The average molecular weight is 129 g/mol. The quantitative estimate of drug-likeness (QED) is 0.395. The molecule has 0 bridgehead atoms. The van der Waals surface area contributed by atoms with E-state index in [0.717, 1.165) is 12.0 Å². The molecular formula is C7H9Cl. The monoisotopic (exact) mass is 128 g/mol. The molecule has 0 aliphatic heterocycles. The first-order valence-electron chi connectivity index (χ1n) is 2.50. The third kappa shape index (κ3) is 3.77. The second kappa shape index (κ2) is 4.74. The molecule has 0 N–H and O–H groups in total. The van der Waals surface area contributed by atoms with Crippen LogP contribution in [0.1, 0.15) is 13.3 Å². The summed E-state index contributed by atoms with van der Waals surface area (Å²) in [5, 5.41) is 0. The number of halogens is 1. The first-order chi connectivity index (χ1) is 3.81. The van der Waals surface area contributed by atoms with Crippen LogP contribution in [0, 0.1) is 12.3 Å². The topological polar surface area (TPSA) is 0 Å². The molecular weight excluding hydrogens is 120 g/mol. The molecule has 0 radical (unpaired) electrons. The molecule has 0 heterocycles. The van der Waals surface area contributed by atoms with E-state index in [9.17, 15) is 0 Å². The van der Waals surface area contributed by atoms with Gasteiger partial charge in [0.2, 0.25) is 0 Å². The van der Waals surface area contributed by atoms with Crippen LogP contribution in [0.2, 0.25) is 0 Å². The molecule has 0 fully saturated rings. The van der Waals surface area contributed by atoms with Crippen molar-refractivity contribution in [2.75, 3.05) is 5.88 Å². The third-order valence-corrected chi connectivity index (χ3v) is 1.01. The Balaban J connectivity index is 3.46. The predicted molar refractivity (Wildman–Crippen MR) is 37.9 cm³/mol. The van der Waals surface area contributed by atoms with Gasteiger partial charge in [0.1, 0.15) is 0 Å². The lowest BCUT2D eigenvalue weighted by Crippen LogP contribution is -1.70. The van der Waals surface area contributed by atoms with Crippen molar-refractivity contribution in [3.05, 3.63) is 11.6 Å². The summed E-state index contributed by atoms with van der Waals surface area (Å²) >= 11 is 5.39. The molecule has 0 unspecified atom stereocenters. The van der Waals surface area contributed by atoms with Crippen LogP contribution in [-0.4, -0.2) is 5.88 Å². The van der Waals surface area contributed by atoms with Gasteiger partial charge in [0.05, 0.1) is 0 Å². The average Bonchev–Trinajstić information content (AvgIpc) is 1.83. The van der Waals surface area contributed by atoms with Crippen LogP contribution in [-0.2, 0) is 0 Å². The van der Waals surface area contributed by atoms with E-state index in [0.29, 0.717) is 5.88 Å². The minimum absolute atomic E-state index is 0.652. The van der Waals surface area contributed by atoms with Crippen molar-refractivity contribution in [1.29, 1.82) is 0 Å². The van der Waals surface area contributed by atoms with Gasteiger partial charge >= 0.3 is 0 Å². The standard InChI is InChI=1S/C7H9Cl/c1-3-7(2)5-4-6-8/h1,5H,4,6H2,2H3/b7-5-. The van der Waals surface area contributed by atoms with Gasteiger partial charge in [0.15, 0.2) is 0 Å². The third-order valence-electron chi connectivity index (χ3n) is 0.787. The van der Waals surface area contributed by atoms with Crippen molar-refractivity contribution >= 4 is 11.6 Å². The number of terminal acetylenes is 1. The Hall–Kier alpha value is -0.410. The van der Waals surface area contributed by atoms with Crippen molar-refractivity contribution in [2.24, 2.45) is 0 Å². The molecule has 0 saturated carbocycles. The lowest BCUT2D eigenvalue weighted by molar-refractivity contribution is 1.21. The molecule has 0 spiro atoms. The fourth-order valence-electron chi connectivity index (χ4n) is 0.330. The number of allylic oxidation sites excluding steroid dienone is 2. The highest BCUT2D eigenvalue weighted by Crippen LogP contribution is 1.93. The van der Waals surface area contributed by atoms with Gasteiger partial charge in [-0.1, -0.05) is 12.0 Å². The molecule has 0 nitrogen and oxygen atoms in total. The van der Waals surface area contributed by atoms with Crippen LogP contribution >= 0.6 is 11.6 Å². The van der Waals surface area contributed by atoms with E-state index in [1.54, 1.807) is 0 Å². The van der Waals surface area contributed by atoms with Gasteiger partial charge in [0, 0.05) is 5.88 Å². The van der Waals surface area contributed by atoms with Crippen molar-refractivity contribution < 1.29 is 0 Å². The highest BCUT2D eigenvalue weighted by molar-refractivity contribution is 6.17. The van der Waals surface area contributed by atoms with Crippen LogP contribution in [0.5, 0.6) is 0 Å². The summed E-state index contributed by atoms with van der Waals surface area (Å²) in [5.41, 5.74) is 0.964. The summed E-state index contributed by atoms with van der Waals surface area (Å²) in [6.07, 6.45) is 7.88. The van der Waals surface area contributed by atoms with E-state index in [1.165, 1.54) is 0 Å². The Morgan fingerprint density at radius 1 is 1.88 bits per heavy atom. The first kappa shape index (κ1) is 7.59. The molecule has 0 aliphatic carbocycles. The van der Waals surface area contributed by atoms with E-state index in [2.05, 4.69) is 5.92 Å². The fraction of sp³-hybridized carbons (Fsp3) is 0.429. The predicted octanol–water partition coefficient (Wildman–Crippen LogP) is 2.19. The number of rotatable bonds is 2. The Labute approximate surface area is 55.5 Å². The van der Waals surface area contributed by atoms with E-state index >= 15 is 0 Å². The highest BCUT2D eigenvalue weighted by atomic mass is 35.5. The summed E-state index contributed by atoms with van der Waals surface area (Å²) in [7, 11) is 0. The maximum Gasteiger partial charge on any atom is 0.0258 e. The fourth-order valence-corrected chi connectivity index (χ4v) is 0.439. The first-order valence-corrected chi connectivity index (χ1v) is 3.04. The number of hydrogen-bond donors (Lipinski definition) is 0. The van der Waals surface area contributed by atoms with E-state index in [4.69, 9.17) is 18.0 Å². The molecule has 1 heteroatoms. The van der Waals surface area contributed by atoms with Crippen LogP contribution in [0.4, 0.5) is 0 Å². The van der Waals surface area contributed by atoms with Gasteiger partial charge in [-0.15, -0.1) is 18.0 Å². The molecule has 0 atom stereocenters. The molecule has 0 rings (SSSR count). The molecule has 0 saturated heterocycles. The van der Waals surface area contributed by atoms with Gasteiger partial charge in [-0.2, -0.15) is 0 Å². The maximum atomic E-state index is 5.39. The van der Waals surface area contributed by atoms with Gasteiger partial charge < -0.3 is 0 Å². The normalized spacial score (nSPS) is 10.9. The van der Waals surface area contributed by atoms with Crippen LogP contribution < -0.4 is 0 Å². The SMILES string of the molecule is C#C/C(C)=C\CCCl. The zero-order valence-electron chi connectivity index (χ0n) is 4.95. The van der Waals surface area contributed by atoms with Crippen molar-refractivity contribution in [2.45, 2.75) is 13.3 Å². The Kier molecular flexibility index (Phi) is 4.50. The lowest BCUT2D eigenvalue weighted by Gasteiger charge is -1.83. The Morgan fingerprint density at radius 3 is 2.88 bits per heavy atom. The molecule has 0 aromatic rings. The summed E-state index contributed by atoms with van der Waals surface area (Å²) < 4.78 is 0. The van der Waals surface area contributed by atoms with Crippen molar-refractivity contribution in [1.82, 2.24) is 0 Å². The summed E-state index contributed by atoms with van der Waals surface area (Å²) in [6.45, 7) is 1.90. The highest BCUT2D eigenvalue weighted by Gasteiger charge is 1.77. The number of hydrogen-bond acceptors (Lipinski definition) is 0. The zero-order valence-corrected chi connectivity index (χ0v) is 5.70. The lowest BCUT2D eigenvalue weighted by atomic mass is 10.3. The number of alkyl halides is 1. The largest absolute Gasteiger partial charge is 0.126 e. The molecule has 0 aliphatic rings. The van der Waals surface area contributed by atoms with Crippen LogP contribution in [0.15, 0.2) is 11.6 Å². The van der Waals surface area contributed by atoms with Crippen molar-refractivity contribution in [3.8, 4) is 12.3 Å². The second-order valence-electron chi connectivity index (χ2n) is 1.51. The minimum atomic E-state index is 0.652. The van der Waals surface area contributed by atoms with Crippen molar-refractivity contribution in [3.63, 3.8) is 0 Å². The smallest absolute Gasteiger partial charge is 0.0258 e. The van der Waals surface area contributed by atoms with E-state index in [-0.39, 0.29) is 0 Å². The second-order valence-corrected chi connectivity index (χ2v) is 1.89. The van der Waals surface area contributed by atoms with Gasteiger partial charge in [-0.05, 0) is 18.9 Å². The Morgan fingerprint density at radius 2 is 2.50 bits per heavy atom. The maximum absolute atomic E-state index is 5.39. The minimum Gasteiger partial charge on any atom is -0.126 e. The molecule has 8 heavy (non-hydrogen) atoms. The molecule has 0 aromatic heterocycles. The summed E-state index contributed by atoms with van der Waals surface area (Å²) in [4.78, 5) is 0. The van der Waals surface area contributed by atoms with Crippen LogP contribution in [0.3, 0.4) is 0 Å². The van der Waals surface area contributed by atoms with E-state index < -0.39 is 0 Å². The molecule has 0 aromatic carbocycles. The summed E-state index contributed by atoms with van der Waals surface area (Å²) in [6, 6.07) is 0. The molecule has 0 amide bonds. The van der Waals surface area contributed by atoms with E-state index in [1.807, 2.05) is 13.0 Å². The molecule has 44 valence electrons. The van der Waals surface area contributed by atoms with Gasteiger partial charge in [-0.3, -0.25) is 0 Å². The van der Waals surface area contributed by atoms with Gasteiger partial charge in [0.25, 0.3) is 0 Å². The zero-order chi connectivity index (χ0) is 6.41.